The smallest absolute Gasteiger partial charge is 0.271 e. The number of nitrogens with zero attached hydrogens (tertiary/aromatic N) is 2. The van der Waals surface area contributed by atoms with Gasteiger partial charge in [-0.25, -0.2) is 5.43 Å². The highest BCUT2D eigenvalue weighted by atomic mass is 16.6. The highest BCUT2D eigenvalue weighted by Gasteiger charge is 2.14. The maximum Gasteiger partial charge on any atom is 0.271 e. The molecule has 0 atom stereocenters. The Bertz CT molecular complexity index is 944. The molecule has 0 aliphatic carbocycles. The van der Waals surface area contributed by atoms with E-state index in [0.717, 1.165) is 5.56 Å². The van der Waals surface area contributed by atoms with Gasteiger partial charge < -0.3 is 5.32 Å². The van der Waals surface area contributed by atoms with Crippen molar-refractivity contribution in [2.75, 3.05) is 5.32 Å². The molecule has 29 heavy (non-hydrogen) atoms. The quantitative estimate of drug-likeness (QED) is 0.436. The summed E-state index contributed by atoms with van der Waals surface area (Å²) in [7, 11) is 0. The van der Waals surface area contributed by atoms with Crippen LogP contribution in [0.1, 0.15) is 50.0 Å². The molecule has 2 aromatic carbocycles. The lowest BCUT2D eigenvalue weighted by atomic mass is 9.87. The van der Waals surface area contributed by atoms with Crippen LogP contribution in [0.15, 0.2) is 53.6 Å². The van der Waals surface area contributed by atoms with Crippen LogP contribution in [-0.2, 0) is 10.2 Å². The summed E-state index contributed by atoms with van der Waals surface area (Å²) in [5.41, 5.74) is 4.61. The van der Waals surface area contributed by atoms with E-state index in [-0.39, 0.29) is 23.4 Å². The van der Waals surface area contributed by atoms with Crippen molar-refractivity contribution in [2.45, 2.75) is 39.5 Å². The molecule has 0 saturated carbocycles. The van der Waals surface area contributed by atoms with E-state index in [1.165, 1.54) is 18.2 Å². The molecular weight excluding hydrogens is 372 g/mol. The van der Waals surface area contributed by atoms with Crippen LogP contribution >= 0.6 is 0 Å². The Balaban J connectivity index is 1.92. The van der Waals surface area contributed by atoms with Crippen molar-refractivity contribution in [1.29, 1.82) is 0 Å². The zero-order valence-corrected chi connectivity index (χ0v) is 16.9. The first-order valence-electron chi connectivity index (χ1n) is 9.04. The molecule has 8 nitrogen and oxygen atoms in total. The molecule has 152 valence electrons. The van der Waals surface area contributed by atoms with Gasteiger partial charge in [0.05, 0.1) is 11.3 Å². The van der Waals surface area contributed by atoms with Crippen LogP contribution in [0.25, 0.3) is 0 Å². The van der Waals surface area contributed by atoms with Crippen LogP contribution in [0, 0.1) is 10.1 Å². The van der Waals surface area contributed by atoms with Gasteiger partial charge in [-0.2, -0.15) is 5.10 Å². The van der Waals surface area contributed by atoms with Gasteiger partial charge >= 0.3 is 0 Å². The van der Waals surface area contributed by atoms with E-state index in [2.05, 4.69) is 36.6 Å². The van der Waals surface area contributed by atoms with E-state index in [4.69, 9.17) is 0 Å². The fourth-order valence-corrected chi connectivity index (χ4v) is 2.51. The average molecular weight is 396 g/mol. The van der Waals surface area contributed by atoms with Gasteiger partial charge in [0, 0.05) is 29.1 Å². The molecule has 0 saturated heterocycles. The van der Waals surface area contributed by atoms with Crippen molar-refractivity contribution in [3.63, 3.8) is 0 Å². The van der Waals surface area contributed by atoms with Crippen molar-refractivity contribution in [1.82, 2.24) is 5.43 Å². The highest BCUT2D eigenvalue weighted by Crippen LogP contribution is 2.22. The number of nitro groups is 1. The monoisotopic (exact) mass is 396 g/mol. The third-order valence-electron chi connectivity index (χ3n) is 4.12. The van der Waals surface area contributed by atoms with Gasteiger partial charge in [-0.3, -0.25) is 19.7 Å². The second-order valence-corrected chi connectivity index (χ2v) is 7.65. The molecule has 0 spiro atoms. The Hall–Kier alpha value is -3.55. The summed E-state index contributed by atoms with van der Waals surface area (Å²) in [6, 6.07) is 12.9. The van der Waals surface area contributed by atoms with Gasteiger partial charge in [0.1, 0.15) is 0 Å². The van der Waals surface area contributed by atoms with Crippen molar-refractivity contribution in [3.8, 4) is 0 Å². The third-order valence-corrected chi connectivity index (χ3v) is 4.12. The maximum atomic E-state index is 12.2. The third kappa shape index (κ3) is 6.53. The molecule has 0 unspecified atom stereocenters. The Labute approximate surface area is 169 Å². The highest BCUT2D eigenvalue weighted by molar-refractivity contribution is 6.06. The van der Waals surface area contributed by atoms with Crippen LogP contribution < -0.4 is 10.7 Å². The predicted molar refractivity (Wildman–Crippen MR) is 112 cm³/mol. The number of anilines is 1. The number of carbonyl (C=O) groups is 2. The summed E-state index contributed by atoms with van der Waals surface area (Å²) in [5.74, 6) is -0.764. The summed E-state index contributed by atoms with van der Waals surface area (Å²) in [6.07, 6.45) is -0.0636. The number of hydrogen-bond donors (Lipinski definition) is 2. The lowest BCUT2D eigenvalue weighted by molar-refractivity contribution is -0.384. The van der Waals surface area contributed by atoms with Crippen LogP contribution in [0.5, 0.6) is 0 Å². The average Bonchev–Trinajstić information content (AvgIpc) is 2.65. The Morgan fingerprint density at radius 3 is 2.34 bits per heavy atom. The van der Waals surface area contributed by atoms with Gasteiger partial charge in [-0.15, -0.1) is 0 Å². The van der Waals surface area contributed by atoms with E-state index in [0.29, 0.717) is 17.0 Å². The van der Waals surface area contributed by atoms with Gasteiger partial charge in [0.2, 0.25) is 5.91 Å². The standard InChI is InChI=1S/C21H24N4O4/c1-14(12-19(26)22-17-6-5-7-18(13-17)25(28)29)23-24-20(27)15-8-10-16(11-9-15)21(2,3)4/h5-11,13H,12H2,1-4H3,(H,22,26)(H,24,27)/b23-14+. The van der Waals surface area contributed by atoms with Crippen molar-refractivity contribution < 1.29 is 14.5 Å². The Kier molecular flexibility index (Phi) is 6.82. The van der Waals surface area contributed by atoms with E-state index in [9.17, 15) is 19.7 Å². The van der Waals surface area contributed by atoms with E-state index in [1.54, 1.807) is 25.1 Å². The number of benzene rings is 2. The molecule has 0 aliphatic heterocycles. The molecule has 2 amide bonds. The van der Waals surface area contributed by atoms with Gasteiger partial charge in [0.15, 0.2) is 0 Å². The van der Waals surface area contributed by atoms with Gasteiger partial charge in [-0.05, 0) is 36.1 Å². The lowest BCUT2D eigenvalue weighted by Crippen LogP contribution is -2.21. The summed E-state index contributed by atoms with van der Waals surface area (Å²) in [4.78, 5) is 34.5. The summed E-state index contributed by atoms with van der Waals surface area (Å²) in [5, 5.41) is 17.3. The zero-order valence-electron chi connectivity index (χ0n) is 16.9. The number of carbonyl (C=O) groups excluding carboxylic acids is 2. The molecule has 2 aromatic rings. The largest absolute Gasteiger partial charge is 0.326 e. The number of amides is 2. The van der Waals surface area contributed by atoms with Crippen LogP contribution in [0.4, 0.5) is 11.4 Å². The van der Waals surface area contributed by atoms with Crippen molar-refractivity contribution >= 4 is 28.9 Å². The maximum absolute atomic E-state index is 12.2. The fourth-order valence-electron chi connectivity index (χ4n) is 2.51. The lowest BCUT2D eigenvalue weighted by Gasteiger charge is -2.18. The molecule has 0 aromatic heterocycles. The molecule has 0 fully saturated rings. The minimum atomic E-state index is -0.536. The predicted octanol–water partition coefficient (Wildman–Crippen LogP) is 4.03. The molecule has 2 rings (SSSR count). The number of hydrazone groups is 1. The van der Waals surface area contributed by atoms with Crippen molar-refractivity contribution in [2.24, 2.45) is 5.10 Å². The molecule has 0 bridgehead atoms. The van der Waals surface area contributed by atoms with Crippen LogP contribution in [-0.4, -0.2) is 22.4 Å². The second kappa shape index (κ2) is 9.09. The fraction of sp³-hybridized carbons (Fsp3) is 0.286. The van der Waals surface area contributed by atoms with Crippen LogP contribution in [0.2, 0.25) is 0 Å². The Morgan fingerprint density at radius 2 is 1.76 bits per heavy atom. The normalized spacial score (nSPS) is 11.7. The second-order valence-electron chi connectivity index (χ2n) is 7.65. The van der Waals surface area contributed by atoms with Gasteiger partial charge in [0.25, 0.3) is 11.6 Å². The molecule has 8 heteroatoms. The number of non-ortho nitro benzene ring substituents is 1. The number of nitro benzene ring substituents is 1. The summed E-state index contributed by atoms with van der Waals surface area (Å²) in [6.45, 7) is 7.88. The van der Waals surface area contributed by atoms with Crippen LogP contribution in [0.3, 0.4) is 0 Å². The number of hydrogen-bond acceptors (Lipinski definition) is 5. The molecular formula is C21H24N4O4. The van der Waals surface area contributed by atoms with Crippen molar-refractivity contribution in [3.05, 3.63) is 69.8 Å². The topological polar surface area (TPSA) is 114 Å². The van der Waals surface area contributed by atoms with E-state index in [1.807, 2.05) is 12.1 Å². The SMILES string of the molecule is C/C(CC(=O)Nc1cccc([N+](=O)[O-])c1)=N\NC(=O)c1ccc(C(C)(C)C)cc1. The summed E-state index contributed by atoms with van der Waals surface area (Å²) < 4.78 is 0. The molecule has 0 heterocycles. The number of rotatable bonds is 6. The first-order chi connectivity index (χ1) is 13.6. The van der Waals surface area contributed by atoms with E-state index >= 15 is 0 Å². The minimum absolute atomic E-state index is 0.00368. The first kappa shape index (κ1) is 21.7. The molecule has 2 N–H and O–H groups in total. The molecule has 0 radical (unpaired) electrons. The first-order valence-corrected chi connectivity index (χ1v) is 9.04. The number of nitrogens with one attached hydrogen (secondary N) is 2. The zero-order chi connectivity index (χ0) is 21.6. The van der Waals surface area contributed by atoms with E-state index < -0.39 is 10.8 Å². The Morgan fingerprint density at radius 1 is 1.10 bits per heavy atom. The molecule has 0 aliphatic rings. The van der Waals surface area contributed by atoms with Gasteiger partial charge in [-0.1, -0.05) is 39.0 Å². The summed E-state index contributed by atoms with van der Waals surface area (Å²) >= 11 is 0. The minimum Gasteiger partial charge on any atom is -0.326 e.